The van der Waals surface area contributed by atoms with E-state index in [1.807, 2.05) is 13.0 Å². The van der Waals surface area contributed by atoms with Gasteiger partial charge in [-0.05, 0) is 44.7 Å². The van der Waals surface area contributed by atoms with Crippen LogP contribution < -0.4 is 10.9 Å². The molecule has 2 aromatic rings. The van der Waals surface area contributed by atoms with E-state index in [9.17, 15) is 4.79 Å². The van der Waals surface area contributed by atoms with Gasteiger partial charge >= 0.3 is 5.56 Å². The Morgan fingerprint density at radius 3 is 2.71 bits per heavy atom. The molecule has 124 valence electrons. The van der Waals surface area contributed by atoms with Crippen LogP contribution in [0.25, 0.3) is 0 Å². The van der Waals surface area contributed by atoms with Gasteiger partial charge in [0.2, 0.25) is 5.82 Å². The van der Waals surface area contributed by atoms with Crippen LogP contribution >= 0.6 is 23.2 Å². The van der Waals surface area contributed by atoms with Gasteiger partial charge in [0.1, 0.15) is 11.9 Å². The molecule has 0 spiro atoms. The number of aromatic nitrogens is 3. The van der Waals surface area contributed by atoms with Crippen LogP contribution in [0.5, 0.6) is 0 Å². The predicted octanol–water partition coefficient (Wildman–Crippen LogP) is 3.84. The van der Waals surface area contributed by atoms with Crippen LogP contribution in [0.3, 0.4) is 0 Å². The lowest BCUT2D eigenvalue weighted by molar-refractivity contribution is 0.413. The van der Waals surface area contributed by atoms with E-state index >= 15 is 0 Å². The number of rotatable bonds is 4. The second-order valence-corrected chi connectivity index (χ2v) is 6.70. The smallest absolute Gasteiger partial charge is 0.310 e. The fraction of sp³-hybridized carbons (Fsp3) is 0.375. The second kappa shape index (κ2) is 6.42. The monoisotopic (exact) mass is 363 g/mol. The summed E-state index contributed by atoms with van der Waals surface area (Å²) in [6.45, 7) is 3.72. The van der Waals surface area contributed by atoms with Gasteiger partial charge in [-0.25, -0.2) is 9.67 Å². The highest BCUT2D eigenvalue weighted by molar-refractivity contribution is 6.36. The van der Waals surface area contributed by atoms with E-state index in [-0.39, 0.29) is 33.0 Å². The van der Waals surface area contributed by atoms with E-state index in [2.05, 4.69) is 15.4 Å². The predicted molar refractivity (Wildman–Crippen MR) is 92.9 cm³/mol. The van der Waals surface area contributed by atoms with Crippen LogP contribution in [-0.4, -0.2) is 14.8 Å². The van der Waals surface area contributed by atoms with Gasteiger partial charge in [-0.3, -0.25) is 4.79 Å². The Kier molecular flexibility index (Phi) is 4.48. The number of halogens is 2. The van der Waals surface area contributed by atoms with Gasteiger partial charge in [0.15, 0.2) is 0 Å². The first-order valence-electron chi connectivity index (χ1n) is 7.54. The molecule has 6 nitrogen and oxygen atoms in total. The van der Waals surface area contributed by atoms with Crippen molar-refractivity contribution in [3.05, 3.63) is 43.9 Å². The highest BCUT2D eigenvalue weighted by Crippen LogP contribution is 2.38. The Bertz CT molecular complexity index is 899. The average Bonchev–Trinajstić information content (AvgIpc) is 3.37. The molecule has 8 heteroatoms. The largest absolute Gasteiger partial charge is 0.334 e. The van der Waals surface area contributed by atoms with Crippen molar-refractivity contribution >= 4 is 34.7 Å². The first kappa shape index (κ1) is 16.7. The first-order chi connectivity index (χ1) is 11.4. The van der Waals surface area contributed by atoms with Crippen molar-refractivity contribution in [2.45, 2.75) is 32.7 Å². The molecular formula is C16H15Cl2N5O. The number of hydrogen-bond donors (Lipinski definition) is 1. The summed E-state index contributed by atoms with van der Waals surface area (Å²) in [7, 11) is 0. The van der Waals surface area contributed by atoms with E-state index in [1.54, 1.807) is 6.92 Å². The lowest BCUT2D eigenvalue weighted by Crippen LogP contribution is -2.30. The minimum atomic E-state index is -0.309. The minimum absolute atomic E-state index is 0.0276. The fourth-order valence-corrected chi connectivity index (χ4v) is 2.95. The number of benzene rings is 1. The van der Waals surface area contributed by atoms with Crippen LogP contribution in [0, 0.1) is 24.2 Å². The zero-order valence-corrected chi connectivity index (χ0v) is 14.7. The summed E-state index contributed by atoms with van der Waals surface area (Å²) in [5, 5.41) is 16.7. The zero-order chi connectivity index (χ0) is 17.4. The number of hydrogen-bond acceptors (Lipinski definition) is 5. The summed E-state index contributed by atoms with van der Waals surface area (Å²) in [4.78, 5) is 16.8. The number of aryl methyl sites for hydroxylation is 1. The number of nitriles is 1. The molecule has 1 heterocycles. The highest BCUT2D eigenvalue weighted by Gasteiger charge is 2.31. The first-order valence-corrected chi connectivity index (χ1v) is 8.30. The molecule has 0 radical (unpaired) electrons. The van der Waals surface area contributed by atoms with E-state index in [1.165, 1.54) is 16.8 Å². The maximum Gasteiger partial charge on any atom is 0.310 e. The van der Waals surface area contributed by atoms with Crippen molar-refractivity contribution < 1.29 is 0 Å². The van der Waals surface area contributed by atoms with Gasteiger partial charge < -0.3 is 5.32 Å². The SMILES string of the molecule is Cc1nc(Nc2cc(Cl)c(C#N)cc2Cl)c(=O)n(C(C)C2CC2)n1. The molecular weight excluding hydrogens is 349 g/mol. The Morgan fingerprint density at radius 1 is 1.38 bits per heavy atom. The summed E-state index contributed by atoms with van der Waals surface area (Å²) >= 11 is 12.2. The van der Waals surface area contributed by atoms with Gasteiger partial charge in [0.05, 0.1) is 27.3 Å². The molecule has 1 aliphatic carbocycles. The van der Waals surface area contributed by atoms with Crippen LogP contribution in [0.2, 0.25) is 10.0 Å². The molecule has 0 aliphatic heterocycles. The van der Waals surface area contributed by atoms with Gasteiger partial charge in [0, 0.05) is 0 Å². The molecule has 1 aromatic carbocycles. The van der Waals surface area contributed by atoms with Crippen molar-refractivity contribution in [2.75, 3.05) is 5.32 Å². The molecule has 0 bridgehead atoms. The Labute approximate surface area is 149 Å². The maximum absolute atomic E-state index is 12.7. The van der Waals surface area contributed by atoms with E-state index in [0.717, 1.165) is 12.8 Å². The molecule has 1 aliphatic rings. The molecule has 3 rings (SSSR count). The van der Waals surface area contributed by atoms with E-state index < -0.39 is 0 Å². The standard InChI is InChI=1S/C16H15Cl2N5O/c1-8(10-3-4-10)23-16(24)15(20-9(2)22-23)21-14-6-12(17)11(7-19)5-13(14)18/h5-6,8,10H,3-4H2,1-2H3,(H,20,21,22). The third-order valence-corrected chi connectivity index (χ3v) is 4.68. The van der Waals surface area contributed by atoms with Gasteiger partial charge in [-0.1, -0.05) is 23.2 Å². The second-order valence-electron chi connectivity index (χ2n) is 5.88. The summed E-state index contributed by atoms with van der Waals surface area (Å²) < 4.78 is 1.47. The Balaban J connectivity index is 2.00. The molecule has 24 heavy (non-hydrogen) atoms. The molecule has 1 fully saturated rings. The number of nitrogens with zero attached hydrogens (tertiary/aromatic N) is 4. The van der Waals surface area contributed by atoms with Crippen molar-refractivity contribution in [2.24, 2.45) is 5.92 Å². The summed E-state index contributed by atoms with van der Waals surface area (Å²) in [6.07, 6.45) is 2.22. The number of anilines is 2. The lowest BCUT2D eigenvalue weighted by atomic mass is 10.2. The van der Waals surface area contributed by atoms with Crippen LogP contribution in [0.4, 0.5) is 11.5 Å². The zero-order valence-electron chi connectivity index (χ0n) is 13.2. The van der Waals surface area contributed by atoms with Crippen molar-refractivity contribution in [1.82, 2.24) is 14.8 Å². The summed E-state index contributed by atoms with van der Waals surface area (Å²) in [5.74, 6) is 1.11. The normalized spacial score (nSPS) is 15.0. The Hall–Kier alpha value is -2.10. The Morgan fingerprint density at radius 2 is 2.08 bits per heavy atom. The molecule has 1 saturated carbocycles. The molecule has 0 saturated heterocycles. The average molecular weight is 364 g/mol. The van der Waals surface area contributed by atoms with Crippen molar-refractivity contribution in [3.63, 3.8) is 0 Å². The van der Waals surface area contributed by atoms with Crippen molar-refractivity contribution in [3.8, 4) is 6.07 Å². The summed E-state index contributed by atoms with van der Waals surface area (Å²) in [6, 6.07) is 4.94. The van der Waals surface area contributed by atoms with Gasteiger partial charge in [0.25, 0.3) is 0 Å². The molecule has 1 aromatic heterocycles. The number of nitrogens with one attached hydrogen (secondary N) is 1. The third-order valence-electron chi connectivity index (χ3n) is 4.06. The maximum atomic E-state index is 12.7. The summed E-state index contributed by atoms with van der Waals surface area (Å²) in [5.41, 5.74) is 0.379. The van der Waals surface area contributed by atoms with Crippen LogP contribution in [0.1, 0.15) is 37.2 Å². The van der Waals surface area contributed by atoms with E-state index in [0.29, 0.717) is 17.4 Å². The van der Waals surface area contributed by atoms with Crippen LogP contribution in [0.15, 0.2) is 16.9 Å². The highest BCUT2D eigenvalue weighted by atomic mass is 35.5. The molecule has 1 unspecified atom stereocenters. The molecule has 1 N–H and O–H groups in total. The van der Waals surface area contributed by atoms with Crippen molar-refractivity contribution in [1.29, 1.82) is 5.26 Å². The molecule has 1 atom stereocenters. The topological polar surface area (TPSA) is 83.6 Å². The quantitative estimate of drug-likeness (QED) is 0.891. The minimum Gasteiger partial charge on any atom is -0.334 e. The van der Waals surface area contributed by atoms with E-state index in [4.69, 9.17) is 28.5 Å². The third kappa shape index (κ3) is 3.23. The molecule has 0 amide bonds. The lowest BCUT2D eigenvalue weighted by Gasteiger charge is -2.15. The van der Waals surface area contributed by atoms with Gasteiger partial charge in [-0.15, -0.1) is 0 Å². The fourth-order valence-electron chi connectivity index (χ4n) is 2.53. The van der Waals surface area contributed by atoms with Gasteiger partial charge in [-0.2, -0.15) is 10.4 Å². The van der Waals surface area contributed by atoms with Crippen LogP contribution in [-0.2, 0) is 0 Å².